The van der Waals surface area contributed by atoms with Crippen LogP contribution in [-0.4, -0.2) is 34.1 Å². The first-order valence-electron chi connectivity index (χ1n) is 10.7. The highest BCUT2D eigenvalue weighted by molar-refractivity contribution is 6.30. The fourth-order valence-electron chi connectivity index (χ4n) is 3.99. The van der Waals surface area contributed by atoms with Crippen LogP contribution in [0.1, 0.15) is 36.8 Å². The Balaban J connectivity index is 1.84. The third-order valence-corrected chi connectivity index (χ3v) is 6.02. The Morgan fingerprint density at radius 1 is 0.909 bits per heavy atom. The maximum atomic E-state index is 12.6. The number of carboxylic acid groups (broad SMARTS) is 2. The molecule has 0 bridgehead atoms. The molecule has 0 aliphatic heterocycles. The number of hydrogen-bond donors (Lipinski definition) is 3. The van der Waals surface area contributed by atoms with Gasteiger partial charge in [-0.3, -0.25) is 14.4 Å². The van der Waals surface area contributed by atoms with E-state index in [1.807, 2.05) is 67.6 Å². The van der Waals surface area contributed by atoms with Gasteiger partial charge in [0.05, 0.1) is 12.3 Å². The van der Waals surface area contributed by atoms with Crippen molar-refractivity contribution in [1.29, 1.82) is 0 Å². The van der Waals surface area contributed by atoms with E-state index in [1.54, 1.807) is 0 Å². The molecule has 6 nitrogen and oxygen atoms in total. The summed E-state index contributed by atoms with van der Waals surface area (Å²) in [6.45, 7) is 1.88. The Morgan fingerprint density at radius 3 is 2.21 bits per heavy atom. The molecular weight excluding hydrogens is 442 g/mol. The molecule has 3 N–H and O–H groups in total. The highest BCUT2D eigenvalue weighted by Crippen LogP contribution is 2.28. The Hall–Kier alpha value is -3.38. The number of halogens is 1. The summed E-state index contributed by atoms with van der Waals surface area (Å²) in [5, 5.41) is 23.9. The molecule has 0 aliphatic rings. The maximum Gasteiger partial charge on any atom is 0.307 e. The zero-order valence-electron chi connectivity index (χ0n) is 18.2. The predicted molar refractivity (Wildman–Crippen MR) is 127 cm³/mol. The van der Waals surface area contributed by atoms with E-state index in [0.29, 0.717) is 11.4 Å². The van der Waals surface area contributed by atoms with Gasteiger partial charge in [-0.05, 0) is 47.4 Å². The Labute approximate surface area is 197 Å². The van der Waals surface area contributed by atoms with E-state index in [9.17, 15) is 19.5 Å². The number of carbonyl (C=O) groups excluding carboxylic acids is 1. The smallest absolute Gasteiger partial charge is 0.307 e. The molecule has 3 rings (SSSR count). The van der Waals surface area contributed by atoms with E-state index in [4.69, 9.17) is 16.7 Å². The summed E-state index contributed by atoms with van der Waals surface area (Å²) in [6, 6.07) is 21.4. The van der Waals surface area contributed by atoms with Crippen molar-refractivity contribution in [1.82, 2.24) is 5.32 Å². The number of hydrogen-bond acceptors (Lipinski definition) is 3. The van der Waals surface area contributed by atoms with Crippen LogP contribution in [-0.2, 0) is 20.8 Å². The Bertz CT molecular complexity index is 1140. The summed E-state index contributed by atoms with van der Waals surface area (Å²) in [5.41, 5.74) is 2.09. The van der Waals surface area contributed by atoms with Crippen molar-refractivity contribution in [3.05, 3.63) is 82.9 Å². The summed E-state index contributed by atoms with van der Waals surface area (Å²) < 4.78 is 0. The molecule has 0 spiro atoms. The number of nitrogens with one attached hydrogen (secondary N) is 1. The van der Waals surface area contributed by atoms with Crippen molar-refractivity contribution >= 4 is 40.2 Å². The number of carbonyl (C=O) groups is 3. The average molecular weight is 468 g/mol. The number of rotatable bonds is 10. The molecule has 7 heteroatoms. The molecule has 0 fully saturated rings. The van der Waals surface area contributed by atoms with Crippen LogP contribution in [0.4, 0.5) is 0 Å². The molecule has 0 aromatic heterocycles. The van der Waals surface area contributed by atoms with Gasteiger partial charge in [0.25, 0.3) is 0 Å². The third kappa shape index (κ3) is 6.80. The highest BCUT2D eigenvalue weighted by Gasteiger charge is 2.27. The van der Waals surface area contributed by atoms with E-state index < -0.39 is 36.6 Å². The molecule has 3 atom stereocenters. The number of amides is 1. The summed E-state index contributed by atoms with van der Waals surface area (Å²) in [4.78, 5) is 34.9. The molecule has 3 unspecified atom stereocenters. The number of aliphatic carboxylic acids is 2. The van der Waals surface area contributed by atoms with Crippen molar-refractivity contribution in [2.75, 3.05) is 0 Å². The summed E-state index contributed by atoms with van der Waals surface area (Å²) in [7, 11) is 0. The lowest BCUT2D eigenvalue weighted by atomic mass is 9.85. The first kappa shape index (κ1) is 24.3. The first-order valence-corrected chi connectivity index (χ1v) is 11.1. The minimum Gasteiger partial charge on any atom is -0.481 e. The molecule has 3 aromatic rings. The number of fused-ring (bicyclic) bond motifs is 1. The quantitative estimate of drug-likeness (QED) is 0.394. The topological polar surface area (TPSA) is 104 Å². The second kappa shape index (κ2) is 11.0. The molecule has 0 aliphatic carbocycles. The van der Waals surface area contributed by atoms with Crippen LogP contribution in [0.25, 0.3) is 10.8 Å². The van der Waals surface area contributed by atoms with E-state index in [1.165, 1.54) is 0 Å². The monoisotopic (exact) mass is 467 g/mol. The van der Waals surface area contributed by atoms with Crippen molar-refractivity contribution < 1.29 is 24.6 Å². The number of carboxylic acids is 2. The van der Waals surface area contributed by atoms with Gasteiger partial charge in [-0.2, -0.15) is 0 Å². The van der Waals surface area contributed by atoms with Crippen LogP contribution in [0.2, 0.25) is 5.02 Å². The lowest BCUT2D eigenvalue weighted by molar-refractivity contribution is -0.149. The minimum absolute atomic E-state index is 0.0949. The fraction of sp³-hybridized carbons (Fsp3) is 0.269. The summed E-state index contributed by atoms with van der Waals surface area (Å²) >= 11 is 6.03. The molecular formula is C26H26ClNO5. The number of benzene rings is 3. The Kier molecular flexibility index (Phi) is 8.06. The second-order valence-corrected chi connectivity index (χ2v) is 8.67. The van der Waals surface area contributed by atoms with Gasteiger partial charge in [0.2, 0.25) is 5.91 Å². The molecule has 33 heavy (non-hydrogen) atoms. The van der Waals surface area contributed by atoms with Gasteiger partial charge in [0.15, 0.2) is 0 Å². The standard InChI is InChI=1S/C26H26ClNO5/c1-16(28-24(29)14-21(26(32)33)15-25(30)31)23(12-17-6-10-22(27)11-7-17)20-9-8-18-4-2-3-5-19(18)13-20/h2-11,13,16,21,23H,12,14-15H2,1H3,(H,28,29)(H,30,31)(H,32,33). The van der Waals surface area contributed by atoms with E-state index in [0.717, 1.165) is 21.9 Å². The van der Waals surface area contributed by atoms with Crippen molar-refractivity contribution in [3.63, 3.8) is 0 Å². The molecule has 172 valence electrons. The van der Waals surface area contributed by atoms with Crippen LogP contribution in [0.3, 0.4) is 0 Å². The van der Waals surface area contributed by atoms with Gasteiger partial charge in [0, 0.05) is 23.4 Å². The van der Waals surface area contributed by atoms with Crippen molar-refractivity contribution in [3.8, 4) is 0 Å². The van der Waals surface area contributed by atoms with Crippen molar-refractivity contribution in [2.45, 2.75) is 38.1 Å². The largest absolute Gasteiger partial charge is 0.481 e. The van der Waals surface area contributed by atoms with E-state index in [-0.39, 0.29) is 12.0 Å². The SMILES string of the molecule is CC(NC(=O)CC(CC(=O)O)C(=O)O)C(Cc1ccc(Cl)cc1)c1ccc2ccccc2c1. The normalized spacial score (nSPS) is 13.8. The van der Waals surface area contributed by atoms with Crippen LogP contribution < -0.4 is 5.32 Å². The van der Waals surface area contributed by atoms with E-state index in [2.05, 4.69) is 11.4 Å². The van der Waals surface area contributed by atoms with Crippen molar-refractivity contribution in [2.24, 2.45) is 5.92 Å². The lowest BCUT2D eigenvalue weighted by Gasteiger charge is -2.26. The second-order valence-electron chi connectivity index (χ2n) is 8.24. The highest BCUT2D eigenvalue weighted by atomic mass is 35.5. The Morgan fingerprint density at radius 2 is 1.58 bits per heavy atom. The zero-order valence-corrected chi connectivity index (χ0v) is 19.0. The predicted octanol–water partition coefficient (Wildman–Crippen LogP) is 4.89. The summed E-state index contributed by atoms with van der Waals surface area (Å²) in [5.74, 6) is -4.40. The first-order chi connectivity index (χ1) is 15.7. The minimum atomic E-state index is -1.30. The average Bonchev–Trinajstić information content (AvgIpc) is 2.77. The zero-order chi connectivity index (χ0) is 24.0. The van der Waals surface area contributed by atoms with Crippen LogP contribution in [0.5, 0.6) is 0 Å². The lowest BCUT2D eigenvalue weighted by Crippen LogP contribution is -2.39. The van der Waals surface area contributed by atoms with Gasteiger partial charge >= 0.3 is 11.9 Å². The van der Waals surface area contributed by atoms with E-state index >= 15 is 0 Å². The van der Waals surface area contributed by atoms with Crippen LogP contribution in [0, 0.1) is 5.92 Å². The molecule has 0 saturated carbocycles. The fourth-order valence-corrected chi connectivity index (χ4v) is 4.12. The molecule has 0 heterocycles. The molecule has 3 aromatic carbocycles. The van der Waals surface area contributed by atoms with Gasteiger partial charge in [-0.15, -0.1) is 0 Å². The van der Waals surface area contributed by atoms with Crippen LogP contribution in [0.15, 0.2) is 66.7 Å². The summed E-state index contributed by atoms with van der Waals surface area (Å²) in [6.07, 6.45) is -0.359. The molecule has 0 radical (unpaired) electrons. The van der Waals surface area contributed by atoms with Gasteiger partial charge in [-0.25, -0.2) is 0 Å². The maximum absolute atomic E-state index is 12.6. The van der Waals surface area contributed by atoms with Gasteiger partial charge in [-0.1, -0.05) is 66.2 Å². The molecule has 0 saturated heterocycles. The third-order valence-electron chi connectivity index (χ3n) is 5.76. The van der Waals surface area contributed by atoms with Gasteiger partial charge in [0.1, 0.15) is 0 Å². The molecule has 1 amide bonds. The van der Waals surface area contributed by atoms with Gasteiger partial charge < -0.3 is 15.5 Å². The van der Waals surface area contributed by atoms with Crippen LogP contribution >= 0.6 is 11.6 Å².